The Labute approximate surface area is 218 Å². The first-order chi connectivity index (χ1) is 18.0. The molecule has 3 heterocycles. The van der Waals surface area contributed by atoms with Crippen LogP contribution in [0.5, 0.6) is 0 Å². The van der Waals surface area contributed by atoms with Crippen molar-refractivity contribution in [2.75, 3.05) is 12.4 Å². The lowest BCUT2D eigenvalue weighted by Gasteiger charge is -2.21. The first kappa shape index (κ1) is 28.1. The molecule has 3 rings (SSSR count). The quantitative estimate of drug-likeness (QED) is 0.185. The van der Waals surface area contributed by atoms with Crippen LogP contribution in [-0.2, 0) is 4.74 Å². The van der Waals surface area contributed by atoms with Crippen LogP contribution >= 0.6 is 11.6 Å². The number of hydrogen-bond acceptors (Lipinski definition) is 10. The molecule has 38 heavy (non-hydrogen) atoms. The molecule has 200 valence electrons. The minimum atomic E-state index is -2.86. The van der Waals surface area contributed by atoms with Gasteiger partial charge < -0.3 is 15.8 Å². The number of carbonyl (C=O) groups is 2. The number of pyridine rings is 2. The monoisotopic (exact) mass is 551 g/mol. The first-order valence-electron chi connectivity index (χ1n) is 10.6. The van der Waals surface area contributed by atoms with Crippen LogP contribution in [0.1, 0.15) is 46.9 Å². The van der Waals surface area contributed by atoms with Gasteiger partial charge in [-0.1, -0.05) is 11.6 Å². The number of ether oxygens (including phenoxy) is 1. The molecule has 0 unspecified atom stereocenters. The summed E-state index contributed by atoms with van der Waals surface area (Å²) in [7, 11) is 1.40. The highest BCUT2D eigenvalue weighted by atomic mass is 35.5. The van der Waals surface area contributed by atoms with Crippen molar-refractivity contribution in [3.05, 3.63) is 82.4 Å². The van der Waals surface area contributed by atoms with E-state index in [1.165, 1.54) is 32.3 Å². The maximum atomic E-state index is 13.5. The van der Waals surface area contributed by atoms with Crippen LogP contribution in [0.25, 0.3) is 5.70 Å². The number of alkyl halides is 2. The number of halogens is 4. The molecule has 16 heteroatoms. The molecule has 0 spiro atoms. The summed E-state index contributed by atoms with van der Waals surface area (Å²) < 4.78 is 43.9. The molecule has 3 aromatic rings. The Hall–Kier alpha value is -4.50. The number of hydrazine groups is 1. The number of alkyl carbamates (subject to hydrolysis) is 1. The fraction of sp³-hybridized carbons (Fsp3) is 0.182. The Kier molecular flexibility index (Phi) is 8.98. The van der Waals surface area contributed by atoms with Crippen molar-refractivity contribution < 1.29 is 27.5 Å². The van der Waals surface area contributed by atoms with Crippen LogP contribution in [0.3, 0.4) is 0 Å². The molecule has 12 nitrogen and oxygen atoms in total. The number of rotatable bonds is 8. The van der Waals surface area contributed by atoms with Crippen LogP contribution in [0.2, 0.25) is 5.15 Å². The van der Waals surface area contributed by atoms with E-state index in [1.807, 2.05) is 0 Å². The third-order valence-electron chi connectivity index (χ3n) is 4.81. The Balaban J connectivity index is 1.70. The summed E-state index contributed by atoms with van der Waals surface area (Å²) in [5.74, 6) is 3.71. The van der Waals surface area contributed by atoms with Crippen molar-refractivity contribution in [3.8, 4) is 0 Å². The number of carbonyl (C=O) groups excluding carboxylic acids is 2. The van der Waals surface area contributed by atoms with E-state index in [-0.39, 0.29) is 39.2 Å². The smallest absolute Gasteiger partial charge is 0.413 e. The maximum Gasteiger partial charge on any atom is 0.413 e. The van der Waals surface area contributed by atoms with Gasteiger partial charge in [-0.15, -0.1) is 0 Å². The molecule has 6 N–H and O–H groups in total. The number of nitrogens with zero attached hydrogens (tertiary/aromatic N) is 5. The Morgan fingerprint density at radius 1 is 1.11 bits per heavy atom. The topological polar surface area (TPSA) is 174 Å². The largest absolute Gasteiger partial charge is 0.441 e. The normalized spacial score (nSPS) is 12.4. The Bertz CT molecular complexity index is 1340. The van der Waals surface area contributed by atoms with E-state index >= 15 is 0 Å². The molecule has 0 aromatic carbocycles. The molecule has 0 aliphatic rings. The van der Waals surface area contributed by atoms with Gasteiger partial charge in [-0.25, -0.2) is 38.8 Å². The van der Waals surface area contributed by atoms with Crippen LogP contribution < -0.4 is 22.2 Å². The predicted octanol–water partition coefficient (Wildman–Crippen LogP) is 3.13. The van der Waals surface area contributed by atoms with E-state index in [1.54, 1.807) is 0 Å². The number of nitrogens with one attached hydrogen (secondary N) is 2. The highest BCUT2D eigenvalue weighted by Gasteiger charge is 2.20. The fourth-order valence-electron chi connectivity index (χ4n) is 2.94. The summed E-state index contributed by atoms with van der Waals surface area (Å²) >= 11 is 5.94. The minimum Gasteiger partial charge on any atom is -0.441 e. The van der Waals surface area contributed by atoms with E-state index in [2.05, 4.69) is 30.6 Å². The number of nitrogens with two attached hydrogens (primary N) is 2. The average molecular weight is 552 g/mol. The van der Waals surface area contributed by atoms with Gasteiger partial charge >= 0.3 is 6.09 Å². The van der Waals surface area contributed by atoms with Crippen LogP contribution in [-0.4, -0.2) is 44.0 Å². The van der Waals surface area contributed by atoms with Crippen LogP contribution in [0.4, 0.5) is 23.7 Å². The second kappa shape index (κ2) is 12.2. The van der Waals surface area contributed by atoms with Crippen molar-refractivity contribution >= 4 is 35.0 Å². The lowest BCUT2D eigenvalue weighted by Crippen LogP contribution is -2.39. The lowest BCUT2D eigenvalue weighted by molar-refractivity contribution is 0.102. The van der Waals surface area contributed by atoms with Gasteiger partial charge in [0.05, 0.1) is 29.3 Å². The zero-order valence-corrected chi connectivity index (χ0v) is 20.6. The zero-order chi connectivity index (χ0) is 28.0. The predicted molar refractivity (Wildman–Crippen MR) is 129 cm³/mol. The van der Waals surface area contributed by atoms with E-state index in [4.69, 9.17) is 27.9 Å². The van der Waals surface area contributed by atoms with E-state index in [0.717, 1.165) is 29.7 Å². The molecule has 2 amide bonds. The Morgan fingerprint density at radius 2 is 1.79 bits per heavy atom. The molecule has 0 fully saturated rings. The van der Waals surface area contributed by atoms with Crippen molar-refractivity contribution in [1.29, 1.82) is 0 Å². The zero-order valence-electron chi connectivity index (χ0n) is 19.8. The molecular weight excluding hydrogens is 531 g/mol. The maximum absolute atomic E-state index is 13.5. The first-order valence-corrected chi connectivity index (χ1v) is 11.0. The van der Waals surface area contributed by atoms with Crippen molar-refractivity contribution in [2.45, 2.75) is 19.5 Å². The van der Waals surface area contributed by atoms with Crippen molar-refractivity contribution in [3.63, 3.8) is 0 Å². The van der Waals surface area contributed by atoms with Gasteiger partial charge in [-0.05, 0) is 25.1 Å². The molecule has 3 aromatic heterocycles. The highest BCUT2D eigenvalue weighted by molar-refractivity contribution is 6.30. The Morgan fingerprint density at radius 3 is 2.37 bits per heavy atom. The average Bonchev–Trinajstić information content (AvgIpc) is 2.88. The second-order valence-corrected chi connectivity index (χ2v) is 7.95. The molecule has 0 saturated carbocycles. The number of amides is 2. The van der Waals surface area contributed by atoms with Crippen molar-refractivity contribution in [2.24, 2.45) is 11.6 Å². The summed E-state index contributed by atoms with van der Waals surface area (Å²) in [6, 6.07) is 3.97. The lowest BCUT2D eigenvalue weighted by atomic mass is 10.2. The van der Waals surface area contributed by atoms with Gasteiger partial charge in [0, 0.05) is 25.0 Å². The molecule has 0 saturated heterocycles. The molecule has 0 bridgehead atoms. The van der Waals surface area contributed by atoms with Gasteiger partial charge in [0.2, 0.25) is 0 Å². The van der Waals surface area contributed by atoms with Gasteiger partial charge in [-0.2, -0.15) is 0 Å². The van der Waals surface area contributed by atoms with Crippen LogP contribution in [0.15, 0.2) is 48.8 Å². The van der Waals surface area contributed by atoms with E-state index in [9.17, 15) is 22.8 Å². The third kappa shape index (κ3) is 7.04. The molecular formula is C22H21ClF3N9O3. The van der Waals surface area contributed by atoms with Gasteiger partial charge in [-0.3, -0.25) is 20.1 Å². The van der Waals surface area contributed by atoms with Crippen molar-refractivity contribution in [1.82, 2.24) is 30.3 Å². The van der Waals surface area contributed by atoms with Crippen LogP contribution in [0, 0.1) is 5.82 Å². The summed E-state index contributed by atoms with van der Waals surface area (Å²) in [5.41, 5.74) is 6.60. The molecule has 0 aliphatic carbocycles. The van der Waals surface area contributed by atoms with Gasteiger partial charge in [0.15, 0.2) is 11.6 Å². The summed E-state index contributed by atoms with van der Waals surface area (Å²) in [6.07, 6.45) is -0.660. The SMILES string of the molecule is C[C@@H](OC(=O)N/C(=C(/N)c1ccc(NC(=O)c2cnc(C(F)F)nc2)cn1)N(C)N)c1cc(F)cnc1Cl. The molecule has 1 atom stereocenters. The van der Waals surface area contributed by atoms with Gasteiger partial charge in [0.25, 0.3) is 12.3 Å². The highest BCUT2D eigenvalue weighted by Crippen LogP contribution is 2.24. The number of hydrogen-bond donors (Lipinski definition) is 4. The summed E-state index contributed by atoms with van der Waals surface area (Å²) in [4.78, 5) is 39.4. The number of anilines is 1. The third-order valence-corrected chi connectivity index (χ3v) is 5.13. The second-order valence-electron chi connectivity index (χ2n) is 7.60. The number of aromatic nitrogens is 4. The van der Waals surface area contributed by atoms with E-state index < -0.39 is 36.2 Å². The molecule has 0 radical (unpaired) electrons. The summed E-state index contributed by atoms with van der Waals surface area (Å²) in [6.45, 7) is 1.47. The fourth-order valence-corrected chi connectivity index (χ4v) is 3.20. The minimum absolute atomic E-state index is 0.0352. The van der Waals surface area contributed by atoms with E-state index in [0.29, 0.717) is 0 Å². The van der Waals surface area contributed by atoms with Gasteiger partial charge in [0.1, 0.15) is 22.8 Å². The summed E-state index contributed by atoms with van der Waals surface area (Å²) in [5, 5.41) is 5.88. The standard InChI is InChI=1S/C22H21ClF3N9O3/c1-10(14-5-12(24)8-30-17(14)23)38-22(37)34-20(35(2)28)16(27)15-4-3-13(9-29-15)33-21(36)11-6-31-19(18(25)26)32-7-11/h3-10,18H,27-28H2,1-2H3,(H,33,36)(H,34,37)/b20-16-/t10-/m1/s1. The molecule has 0 aliphatic heterocycles.